The molecule has 1 saturated heterocycles. The van der Waals surface area contributed by atoms with Gasteiger partial charge in [-0.15, -0.1) is 0 Å². The van der Waals surface area contributed by atoms with E-state index in [1.165, 1.54) is 5.56 Å². The molecule has 2 heterocycles. The average Bonchev–Trinajstić information content (AvgIpc) is 2.80. The van der Waals surface area contributed by atoms with Gasteiger partial charge in [0.15, 0.2) is 0 Å². The molecule has 1 fully saturated rings. The van der Waals surface area contributed by atoms with Gasteiger partial charge in [-0.2, -0.15) is 0 Å². The minimum Gasteiger partial charge on any atom is -0.355 e. The van der Waals surface area contributed by atoms with Gasteiger partial charge in [-0.3, -0.25) is 4.90 Å². The summed E-state index contributed by atoms with van der Waals surface area (Å²) < 4.78 is 13.2. The number of aryl methyl sites for hydroxylation is 1. The summed E-state index contributed by atoms with van der Waals surface area (Å²) in [4.78, 5) is 13.7. The summed E-state index contributed by atoms with van der Waals surface area (Å²) in [6, 6.07) is 9.32. The molecule has 1 atom stereocenters. The second kappa shape index (κ2) is 7.91. The average molecular weight is 342 g/mol. The number of benzene rings is 1. The third-order valence-electron chi connectivity index (χ3n) is 4.90. The number of hydrogen-bond donors (Lipinski definition) is 0. The lowest BCUT2D eigenvalue weighted by Gasteiger charge is -2.35. The summed E-state index contributed by atoms with van der Waals surface area (Å²) in [6.45, 7) is 10.3. The fraction of sp³-hybridized carbons (Fsp3) is 0.500. The van der Waals surface area contributed by atoms with E-state index >= 15 is 0 Å². The molecule has 1 aromatic carbocycles. The number of rotatable bonds is 4. The van der Waals surface area contributed by atoms with E-state index in [1.807, 2.05) is 31.3 Å². The molecule has 1 aromatic heterocycles. The number of hydrogen-bond acceptors (Lipinski definition) is 4. The van der Waals surface area contributed by atoms with Crippen LogP contribution in [0.4, 0.5) is 10.2 Å². The van der Waals surface area contributed by atoms with Crippen LogP contribution in [0.15, 0.2) is 36.5 Å². The summed E-state index contributed by atoms with van der Waals surface area (Å²) in [5.41, 5.74) is 1.17. The molecule has 5 heteroatoms. The first kappa shape index (κ1) is 17.8. The summed E-state index contributed by atoms with van der Waals surface area (Å²) in [7, 11) is 0. The predicted molar refractivity (Wildman–Crippen MR) is 99.0 cm³/mol. The molecule has 4 nitrogen and oxygen atoms in total. The Morgan fingerprint density at radius 1 is 1.16 bits per heavy atom. The number of anilines is 1. The minimum atomic E-state index is -0.176. The number of nitrogens with zero attached hydrogens (tertiary/aromatic N) is 4. The third-order valence-corrected chi connectivity index (χ3v) is 4.90. The van der Waals surface area contributed by atoms with Gasteiger partial charge in [0, 0.05) is 38.4 Å². The fourth-order valence-electron chi connectivity index (χ4n) is 3.54. The third kappa shape index (κ3) is 4.54. The van der Waals surface area contributed by atoms with Gasteiger partial charge in [-0.05, 0) is 43.0 Å². The van der Waals surface area contributed by atoms with E-state index in [-0.39, 0.29) is 5.82 Å². The molecule has 1 unspecified atom stereocenters. The van der Waals surface area contributed by atoms with E-state index in [9.17, 15) is 4.39 Å². The zero-order valence-corrected chi connectivity index (χ0v) is 15.3. The maximum atomic E-state index is 13.2. The van der Waals surface area contributed by atoms with Crippen molar-refractivity contribution in [3.05, 3.63) is 53.7 Å². The van der Waals surface area contributed by atoms with Gasteiger partial charge < -0.3 is 4.90 Å². The van der Waals surface area contributed by atoms with Crippen molar-refractivity contribution >= 4 is 5.82 Å². The van der Waals surface area contributed by atoms with Crippen molar-refractivity contribution in [1.82, 2.24) is 14.9 Å². The standard InChI is InChI=1S/C20H27FN4/c1-15(2)19-14-25(20-9-10-22-16(3)23-20)12-4-11-24(19)13-17-5-7-18(21)8-6-17/h5-10,15,19H,4,11-14H2,1-3H3. The van der Waals surface area contributed by atoms with Crippen LogP contribution in [0.2, 0.25) is 0 Å². The number of aromatic nitrogens is 2. The molecule has 0 bridgehead atoms. The van der Waals surface area contributed by atoms with Crippen LogP contribution in [0.5, 0.6) is 0 Å². The molecule has 0 amide bonds. The Kier molecular flexibility index (Phi) is 5.63. The highest BCUT2D eigenvalue weighted by Crippen LogP contribution is 2.23. The molecule has 1 aliphatic heterocycles. The van der Waals surface area contributed by atoms with E-state index in [0.29, 0.717) is 12.0 Å². The predicted octanol–water partition coefficient (Wildman–Crippen LogP) is 3.66. The Morgan fingerprint density at radius 2 is 1.92 bits per heavy atom. The Morgan fingerprint density at radius 3 is 2.60 bits per heavy atom. The lowest BCUT2D eigenvalue weighted by atomic mass is 10.0. The molecule has 0 N–H and O–H groups in total. The normalized spacial score (nSPS) is 19.2. The highest BCUT2D eigenvalue weighted by atomic mass is 19.1. The summed E-state index contributed by atoms with van der Waals surface area (Å²) in [6.07, 6.45) is 2.93. The van der Waals surface area contributed by atoms with Crippen LogP contribution in [0, 0.1) is 18.7 Å². The summed E-state index contributed by atoms with van der Waals surface area (Å²) in [5, 5.41) is 0. The van der Waals surface area contributed by atoms with Crippen molar-refractivity contribution in [2.75, 3.05) is 24.5 Å². The topological polar surface area (TPSA) is 32.3 Å². The SMILES string of the molecule is Cc1nccc(N2CCCN(Cc3ccc(F)cc3)C(C(C)C)C2)n1. The van der Waals surface area contributed by atoms with Crippen LogP contribution in [-0.2, 0) is 6.54 Å². The summed E-state index contributed by atoms with van der Waals surface area (Å²) >= 11 is 0. The Balaban J connectivity index is 1.77. The van der Waals surface area contributed by atoms with Crippen LogP contribution < -0.4 is 4.90 Å². The molecule has 134 valence electrons. The van der Waals surface area contributed by atoms with Gasteiger partial charge >= 0.3 is 0 Å². The Labute approximate surface area is 149 Å². The van der Waals surface area contributed by atoms with Crippen LogP contribution >= 0.6 is 0 Å². The highest BCUT2D eigenvalue weighted by molar-refractivity contribution is 5.38. The second-order valence-corrected chi connectivity index (χ2v) is 7.17. The van der Waals surface area contributed by atoms with E-state index < -0.39 is 0 Å². The molecular weight excluding hydrogens is 315 g/mol. The lowest BCUT2D eigenvalue weighted by Crippen LogP contribution is -2.44. The van der Waals surface area contributed by atoms with Crippen molar-refractivity contribution in [1.29, 1.82) is 0 Å². The molecule has 2 aromatic rings. The van der Waals surface area contributed by atoms with E-state index in [4.69, 9.17) is 0 Å². The van der Waals surface area contributed by atoms with E-state index in [2.05, 4.69) is 33.6 Å². The zero-order chi connectivity index (χ0) is 17.8. The smallest absolute Gasteiger partial charge is 0.132 e. The summed E-state index contributed by atoms with van der Waals surface area (Å²) in [5.74, 6) is 2.18. The van der Waals surface area contributed by atoms with Crippen LogP contribution in [0.25, 0.3) is 0 Å². The van der Waals surface area contributed by atoms with Gasteiger partial charge in [0.05, 0.1) is 0 Å². The zero-order valence-electron chi connectivity index (χ0n) is 15.3. The lowest BCUT2D eigenvalue weighted by molar-refractivity contribution is 0.161. The molecule has 0 saturated carbocycles. The molecule has 0 spiro atoms. The molecule has 3 rings (SSSR count). The van der Waals surface area contributed by atoms with Crippen LogP contribution in [0.1, 0.15) is 31.7 Å². The maximum absolute atomic E-state index is 13.2. The highest BCUT2D eigenvalue weighted by Gasteiger charge is 2.28. The van der Waals surface area contributed by atoms with E-state index in [0.717, 1.165) is 44.2 Å². The Hall–Kier alpha value is -2.01. The Bertz CT molecular complexity index is 686. The van der Waals surface area contributed by atoms with Gasteiger partial charge in [-0.1, -0.05) is 26.0 Å². The van der Waals surface area contributed by atoms with Gasteiger partial charge in [0.1, 0.15) is 17.5 Å². The first-order valence-corrected chi connectivity index (χ1v) is 9.06. The second-order valence-electron chi connectivity index (χ2n) is 7.17. The van der Waals surface area contributed by atoms with Crippen molar-refractivity contribution in [3.8, 4) is 0 Å². The van der Waals surface area contributed by atoms with Gasteiger partial charge in [0.25, 0.3) is 0 Å². The monoisotopic (exact) mass is 342 g/mol. The van der Waals surface area contributed by atoms with Crippen molar-refractivity contribution < 1.29 is 4.39 Å². The van der Waals surface area contributed by atoms with Crippen molar-refractivity contribution in [2.24, 2.45) is 5.92 Å². The molecule has 0 aliphatic carbocycles. The molecule has 0 radical (unpaired) electrons. The van der Waals surface area contributed by atoms with Crippen LogP contribution in [-0.4, -0.2) is 40.5 Å². The van der Waals surface area contributed by atoms with Crippen LogP contribution in [0.3, 0.4) is 0 Å². The van der Waals surface area contributed by atoms with Gasteiger partial charge in [-0.25, -0.2) is 14.4 Å². The van der Waals surface area contributed by atoms with E-state index in [1.54, 1.807) is 12.1 Å². The largest absolute Gasteiger partial charge is 0.355 e. The maximum Gasteiger partial charge on any atom is 0.132 e. The van der Waals surface area contributed by atoms with Gasteiger partial charge in [0.2, 0.25) is 0 Å². The first-order valence-electron chi connectivity index (χ1n) is 9.06. The van der Waals surface area contributed by atoms with Crippen molar-refractivity contribution in [3.63, 3.8) is 0 Å². The molecule has 25 heavy (non-hydrogen) atoms. The number of halogens is 1. The minimum absolute atomic E-state index is 0.176. The first-order chi connectivity index (χ1) is 12.0. The fourth-order valence-corrected chi connectivity index (χ4v) is 3.54. The van der Waals surface area contributed by atoms with Crippen molar-refractivity contribution in [2.45, 2.75) is 39.8 Å². The molecular formula is C20H27FN4. The quantitative estimate of drug-likeness (QED) is 0.849. The molecule has 1 aliphatic rings.